The Kier molecular flexibility index (Phi) is 8.91. The fourth-order valence-electron chi connectivity index (χ4n) is 3.11. The Morgan fingerprint density at radius 3 is 2.74 bits per heavy atom. The van der Waals surface area contributed by atoms with Gasteiger partial charge >= 0.3 is 0 Å². The van der Waals surface area contributed by atoms with Crippen LogP contribution in [0.5, 0.6) is 5.75 Å². The van der Waals surface area contributed by atoms with Gasteiger partial charge in [0.15, 0.2) is 0 Å². The molecule has 1 saturated heterocycles. The van der Waals surface area contributed by atoms with E-state index in [0.717, 1.165) is 35.5 Å². The Hall–Kier alpha value is -2.38. The summed E-state index contributed by atoms with van der Waals surface area (Å²) in [6.45, 7) is 7.26. The highest BCUT2D eigenvalue weighted by molar-refractivity contribution is 6.35. The van der Waals surface area contributed by atoms with E-state index in [9.17, 15) is 4.79 Å². The lowest BCUT2D eigenvalue weighted by Crippen LogP contribution is -2.42. The minimum Gasteiger partial charge on any atom is -0.489 e. The van der Waals surface area contributed by atoms with E-state index in [1.54, 1.807) is 18.3 Å². The third kappa shape index (κ3) is 7.36. The van der Waals surface area contributed by atoms with Crippen LogP contribution in [-0.2, 0) is 22.6 Å². The molecule has 3 rings (SSSR count). The molecule has 8 heteroatoms. The summed E-state index contributed by atoms with van der Waals surface area (Å²) in [6, 6.07) is 11.0. The summed E-state index contributed by atoms with van der Waals surface area (Å²) in [7, 11) is 0. The predicted molar refractivity (Wildman–Crippen MR) is 124 cm³/mol. The normalized spacial score (nSPS) is 14.5. The summed E-state index contributed by atoms with van der Waals surface area (Å²) in [5.74, 6) is 0.587. The molecule has 0 aromatic heterocycles. The molecule has 0 radical (unpaired) electrons. The van der Waals surface area contributed by atoms with E-state index >= 15 is 0 Å². The van der Waals surface area contributed by atoms with E-state index in [2.05, 4.69) is 17.1 Å². The zero-order valence-electron chi connectivity index (χ0n) is 17.2. The molecule has 1 amide bonds. The number of hydrazone groups is 1. The van der Waals surface area contributed by atoms with Crippen molar-refractivity contribution in [2.24, 2.45) is 5.10 Å². The first-order chi connectivity index (χ1) is 15.0. The minimum absolute atomic E-state index is 0.149. The summed E-state index contributed by atoms with van der Waals surface area (Å²) < 4.78 is 11.3. The van der Waals surface area contributed by atoms with Crippen LogP contribution in [0.4, 0.5) is 0 Å². The summed E-state index contributed by atoms with van der Waals surface area (Å²) in [6.07, 6.45) is 4.06. The van der Waals surface area contributed by atoms with Crippen LogP contribution in [0, 0.1) is 0 Å². The van der Waals surface area contributed by atoms with Gasteiger partial charge in [-0.2, -0.15) is 5.10 Å². The molecule has 0 atom stereocenters. The molecule has 1 heterocycles. The van der Waals surface area contributed by atoms with Gasteiger partial charge in [0.25, 0.3) is 5.91 Å². The van der Waals surface area contributed by atoms with Crippen LogP contribution in [0.2, 0.25) is 10.0 Å². The second kappa shape index (κ2) is 11.9. The zero-order valence-corrected chi connectivity index (χ0v) is 18.7. The first-order valence-corrected chi connectivity index (χ1v) is 10.7. The Labute approximate surface area is 192 Å². The molecule has 0 bridgehead atoms. The number of allylic oxidation sites excluding steroid dienone is 1. The first kappa shape index (κ1) is 23.3. The number of carbonyl (C=O) groups excluding carboxylic acids is 1. The number of hydrogen-bond donors (Lipinski definition) is 1. The van der Waals surface area contributed by atoms with Crippen LogP contribution >= 0.6 is 23.2 Å². The molecule has 2 aromatic carbocycles. The third-order valence-electron chi connectivity index (χ3n) is 4.72. The molecule has 0 saturated carbocycles. The summed E-state index contributed by atoms with van der Waals surface area (Å²) in [4.78, 5) is 14.1. The Bertz CT molecular complexity index is 944. The van der Waals surface area contributed by atoms with E-state index in [1.165, 1.54) is 0 Å². The van der Waals surface area contributed by atoms with Crippen molar-refractivity contribution < 1.29 is 14.3 Å². The molecule has 1 aliphatic rings. The van der Waals surface area contributed by atoms with Crippen LogP contribution in [0.25, 0.3) is 0 Å². The molecule has 0 unspecified atom stereocenters. The van der Waals surface area contributed by atoms with E-state index in [1.807, 2.05) is 35.2 Å². The average Bonchev–Trinajstić information content (AvgIpc) is 2.75. The van der Waals surface area contributed by atoms with Gasteiger partial charge in [0.2, 0.25) is 0 Å². The summed E-state index contributed by atoms with van der Waals surface area (Å²) in [5.41, 5.74) is 5.23. The van der Waals surface area contributed by atoms with Gasteiger partial charge in [-0.15, -0.1) is 6.58 Å². The maximum absolute atomic E-state index is 12.0. The number of benzene rings is 2. The van der Waals surface area contributed by atoms with Gasteiger partial charge < -0.3 is 9.47 Å². The number of nitrogens with one attached hydrogen (secondary N) is 1. The van der Waals surface area contributed by atoms with Crippen molar-refractivity contribution in [2.45, 2.75) is 13.0 Å². The fourth-order valence-corrected chi connectivity index (χ4v) is 3.57. The van der Waals surface area contributed by atoms with Gasteiger partial charge in [0.05, 0.1) is 26.0 Å². The third-order valence-corrected chi connectivity index (χ3v) is 5.31. The summed E-state index contributed by atoms with van der Waals surface area (Å²) >= 11 is 12.2. The summed E-state index contributed by atoms with van der Waals surface area (Å²) in [5, 5.41) is 5.22. The SMILES string of the molecule is C=CCc1cc(/C=N/NC(=O)CN2CCOCC2)ccc1OCc1ccc(Cl)cc1Cl. The number of hydrogen-bond acceptors (Lipinski definition) is 5. The van der Waals surface area contributed by atoms with Crippen LogP contribution in [0.15, 0.2) is 54.2 Å². The van der Waals surface area contributed by atoms with E-state index < -0.39 is 0 Å². The van der Waals surface area contributed by atoms with E-state index in [4.69, 9.17) is 32.7 Å². The van der Waals surface area contributed by atoms with Crippen molar-refractivity contribution in [2.75, 3.05) is 32.8 Å². The predicted octanol–water partition coefficient (Wildman–Crippen LogP) is 4.08. The molecule has 1 aliphatic heterocycles. The van der Waals surface area contributed by atoms with Crippen molar-refractivity contribution in [3.05, 3.63) is 75.8 Å². The van der Waals surface area contributed by atoms with Crippen molar-refractivity contribution in [1.82, 2.24) is 10.3 Å². The van der Waals surface area contributed by atoms with Gasteiger partial charge in [-0.1, -0.05) is 35.3 Å². The molecular weight excluding hydrogens is 437 g/mol. The van der Waals surface area contributed by atoms with E-state index in [0.29, 0.717) is 42.8 Å². The van der Waals surface area contributed by atoms with Crippen LogP contribution in [0.1, 0.15) is 16.7 Å². The van der Waals surface area contributed by atoms with E-state index in [-0.39, 0.29) is 5.91 Å². The number of rotatable bonds is 9. The maximum Gasteiger partial charge on any atom is 0.254 e. The largest absolute Gasteiger partial charge is 0.489 e. The van der Waals surface area contributed by atoms with Crippen molar-refractivity contribution in [3.63, 3.8) is 0 Å². The molecular formula is C23H25Cl2N3O3. The highest BCUT2D eigenvalue weighted by Crippen LogP contribution is 2.25. The number of ether oxygens (including phenoxy) is 2. The molecule has 1 fully saturated rings. The molecule has 6 nitrogen and oxygen atoms in total. The smallest absolute Gasteiger partial charge is 0.254 e. The molecule has 2 aromatic rings. The monoisotopic (exact) mass is 461 g/mol. The van der Waals surface area contributed by atoms with Crippen molar-refractivity contribution >= 4 is 35.3 Å². The number of carbonyl (C=O) groups is 1. The van der Waals surface area contributed by atoms with Crippen LogP contribution < -0.4 is 10.2 Å². The fraction of sp³-hybridized carbons (Fsp3) is 0.304. The second-order valence-electron chi connectivity index (χ2n) is 7.07. The minimum atomic E-state index is -0.149. The number of nitrogens with zero attached hydrogens (tertiary/aromatic N) is 2. The standard InChI is InChI=1S/C23H25Cl2N3O3/c1-2-3-18-12-17(14-26-27-23(29)15-28-8-10-30-11-9-28)4-7-22(18)31-16-19-5-6-20(24)13-21(19)25/h2,4-7,12-14H,1,3,8-11,15-16H2,(H,27,29)/b26-14+. The molecule has 0 aliphatic carbocycles. The van der Waals surface area contributed by atoms with Gasteiger partial charge in [-0.05, 0) is 47.9 Å². The average molecular weight is 462 g/mol. The number of halogens is 2. The molecule has 1 N–H and O–H groups in total. The van der Waals surface area contributed by atoms with Crippen molar-refractivity contribution in [3.8, 4) is 5.75 Å². The van der Waals surface area contributed by atoms with Gasteiger partial charge in [0, 0.05) is 28.7 Å². The topological polar surface area (TPSA) is 63.2 Å². The molecule has 164 valence electrons. The molecule has 0 spiro atoms. The van der Waals surface area contributed by atoms with Crippen LogP contribution in [0.3, 0.4) is 0 Å². The Morgan fingerprint density at radius 2 is 2.00 bits per heavy atom. The highest BCUT2D eigenvalue weighted by atomic mass is 35.5. The lowest BCUT2D eigenvalue weighted by Gasteiger charge is -2.25. The number of amides is 1. The maximum atomic E-state index is 12.0. The second-order valence-corrected chi connectivity index (χ2v) is 7.91. The van der Waals surface area contributed by atoms with Gasteiger partial charge in [-0.25, -0.2) is 5.43 Å². The number of morpholine rings is 1. The molecule has 31 heavy (non-hydrogen) atoms. The first-order valence-electron chi connectivity index (χ1n) is 9.97. The zero-order chi connectivity index (χ0) is 22.1. The lowest BCUT2D eigenvalue weighted by molar-refractivity contribution is -0.123. The highest BCUT2D eigenvalue weighted by Gasteiger charge is 2.13. The quantitative estimate of drug-likeness (QED) is 0.347. The lowest BCUT2D eigenvalue weighted by atomic mass is 10.1. The Morgan fingerprint density at radius 1 is 1.19 bits per heavy atom. The van der Waals surface area contributed by atoms with Gasteiger partial charge in [-0.3, -0.25) is 9.69 Å². The Balaban J connectivity index is 1.59. The van der Waals surface area contributed by atoms with Crippen LogP contribution in [-0.4, -0.2) is 49.9 Å². The van der Waals surface area contributed by atoms with Crippen molar-refractivity contribution in [1.29, 1.82) is 0 Å². The van der Waals surface area contributed by atoms with Gasteiger partial charge in [0.1, 0.15) is 12.4 Å².